The van der Waals surface area contributed by atoms with Gasteiger partial charge in [0.15, 0.2) is 0 Å². The summed E-state index contributed by atoms with van der Waals surface area (Å²) < 4.78 is 1.95. The van der Waals surface area contributed by atoms with E-state index in [-0.39, 0.29) is 0 Å². The highest BCUT2D eigenvalue weighted by molar-refractivity contribution is 7.98. The standard InChI is InChI=1S/C14H19N3S/c1-10-14(13(9-15-2)16-17(10)3)11-5-7-12(18-4)8-6-11/h5-8,15H,9H2,1-4H3. The number of nitrogens with zero attached hydrogens (tertiary/aromatic N) is 2. The second-order valence-corrected chi connectivity index (χ2v) is 5.17. The Hall–Kier alpha value is -1.26. The maximum absolute atomic E-state index is 4.57. The molecule has 0 atom stereocenters. The van der Waals surface area contributed by atoms with Gasteiger partial charge < -0.3 is 5.32 Å². The van der Waals surface area contributed by atoms with Crippen LogP contribution in [-0.2, 0) is 13.6 Å². The van der Waals surface area contributed by atoms with Crippen LogP contribution in [-0.4, -0.2) is 23.1 Å². The van der Waals surface area contributed by atoms with E-state index in [1.165, 1.54) is 21.7 Å². The molecule has 0 aliphatic carbocycles. The SMILES string of the molecule is CNCc1nn(C)c(C)c1-c1ccc(SC)cc1. The van der Waals surface area contributed by atoms with Gasteiger partial charge in [-0.2, -0.15) is 5.10 Å². The summed E-state index contributed by atoms with van der Waals surface area (Å²) in [5, 5.41) is 7.75. The highest BCUT2D eigenvalue weighted by Crippen LogP contribution is 2.28. The number of aromatic nitrogens is 2. The largest absolute Gasteiger partial charge is 0.314 e. The normalized spacial score (nSPS) is 10.9. The molecule has 4 heteroatoms. The number of hydrogen-bond acceptors (Lipinski definition) is 3. The van der Waals surface area contributed by atoms with Crippen LogP contribution in [0.5, 0.6) is 0 Å². The molecule has 0 radical (unpaired) electrons. The Balaban J connectivity index is 2.47. The van der Waals surface area contributed by atoms with Crippen molar-refractivity contribution in [1.82, 2.24) is 15.1 Å². The maximum Gasteiger partial charge on any atom is 0.0843 e. The molecule has 18 heavy (non-hydrogen) atoms. The number of hydrogen-bond donors (Lipinski definition) is 1. The van der Waals surface area contributed by atoms with Gasteiger partial charge in [0.25, 0.3) is 0 Å². The zero-order valence-corrected chi connectivity index (χ0v) is 12.1. The van der Waals surface area contributed by atoms with Gasteiger partial charge in [0.05, 0.1) is 5.69 Å². The predicted molar refractivity (Wildman–Crippen MR) is 77.9 cm³/mol. The van der Waals surface area contributed by atoms with Gasteiger partial charge in [-0.3, -0.25) is 4.68 Å². The second kappa shape index (κ2) is 5.59. The van der Waals surface area contributed by atoms with E-state index < -0.39 is 0 Å². The van der Waals surface area contributed by atoms with Crippen molar-refractivity contribution < 1.29 is 0 Å². The van der Waals surface area contributed by atoms with Gasteiger partial charge >= 0.3 is 0 Å². The van der Waals surface area contributed by atoms with Crippen LogP contribution in [0.2, 0.25) is 0 Å². The lowest BCUT2D eigenvalue weighted by atomic mass is 10.0. The number of nitrogens with one attached hydrogen (secondary N) is 1. The third-order valence-corrected chi connectivity index (χ3v) is 3.87. The quantitative estimate of drug-likeness (QED) is 0.858. The van der Waals surface area contributed by atoms with Crippen LogP contribution in [0.25, 0.3) is 11.1 Å². The van der Waals surface area contributed by atoms with Crippen LogP contribution in [0.1, 0.15) is 11.4 Å². The van der Waals surface area contributed by atoms with Crippen molar-refractivity contribution in [1.29, 1.82) is 0 Å². The van der Waals surface area contributed by atoms with Gasteiger partial charge in [-0.15, -0.1) is 11.8 Å². The van der Waals surface area contributed by atoms with Gasteiger partial charge in [-0.25, -0.2) is 0 Å². The first kappa shape index (κ1) is 13.2. The van der Waals surface area contributed by atoms with Crippen molar-refractivity contribution in [2.75, 3.05) is 13.3 Å². The molecule has 1 heterocycles. The van der Waals surface area contributed by atoms with Crippen LogP contribution in [0.3, 0.4) is 0 Å². The van der Waals surface area contributed by atoms with Gasteiger partial charge in [0.1, 0.15) is 0 Å². The molecule has 0 saturated heterocycles. The zero-order valence-electron chi connectivity index (χ0n) is 11.3. The van der Waals surface area contributed by atoms with E-state index in [1.54, 1.807) is 11.8 Å². The molecule has 0 saturated carbocycles. The Morgan fingerprint density at radius 3 is 2.50 bits per heavy atom. The maximum atomic E-state index is 4.57. The van der Waals surface area contributed by atoms with Crippen LogP contribution in [0.4, 0.5) is 0 Å². The summed E-state index contributed by atoms with van der Waals surface area (Å²) in [5.41, 5.74) is 4.80. The zero-order chi connectivity index (χ0) is 13.1. The van der Waals surface area contributed by atoms with Crippen molar-refractivity contribution >= 4 is 11.8 Å². The summed E-state index contributed by atoms with van der Waals surface area (Å²) in [7, 11) is 3.94. The smallest absolute Gasteiger partial charge is 0.0843 e. The fourth-order valence-corrected chi connectivity index (χ4v) is 2.51. The van der Waals surface area contributed by atoms with Crippen LogP contribution >= 0.6 is 11.8 Å². The average molecular weight is 261 g/mol. The third kappa shape index (κ3) is 2.44. The molecule has 0 amide bonds. The molecule has 1 N–H and O–H groups in total. The first-order chi connectivity index (χ1) is 8.67. The van der Waals surface area contributed by atoms with Gasteiger partial charge in [0.2, 0.25) is 0 Å². The second-order valence-electron chi connectivity index (χ2n) is 4.29. The summed E-state index contributed by atoms with van der Waals surface area (Å²) in [5.74, 6) is 0. The van der Waals surface area contributed by atoms with E-state index in [4.69, 9.17) is 0 Å². The lowest BCUT2D eigenvalue weighted by Crippen LogP contribution is -2.07. The van der Waals surface area contributed by atoms with Crippen molar-refractivity contribution in [3.05, 3.63) is 35.7 Å². The molecule has 3 nitrogen and oxygen atoms in total. The minimum Gasteiger partial charge on any atom is -0.314 e. The summed E-state index contributed by atoms with van der Waals surface area (Å²) in [6.07, 6.45) is 2.09. The fourth-order valence-electron chi connectivity index (χ4n) is 2.10. The van der Waals surface area contributed by atoms with Gasteiger partial charge in [0, 0.05) is 29.7 Å². The Labute approximate surface area is 113 Å². The summed E-state index contributed by atoms with van der Waals surface area (Å²) in [4.78, 5) is 1.29. The molecule has 0 aliphatic heterocycles. The molecule has 0 spiro atoms. The number of rotatable bonds is 4. The summed E-state index contributed by atoms with van der Waals surface area (Å²) in [6.45, 7) is 2.91. The summed E-state index contributed by atoms with van der Waals surface area (Å²) in [6, 6.07) is 8.68. The molecule has 0 unspecified atom stereocenters. The third-order valence-electron chi connectivity index (χ3n) is 3.13. The molecule has 1 aromatic heterocycles. The van der Waals surface area contributed by atoms with Crippen molar-refractivity contribution in [2.45, 2.75) is 18.4 Å². The van der Waals surface area contributed by atoms with E-state index in [1.807, 2.05) is 18.8 Å². The molecule has 96 valence electrons. The van der Waals surface area contributed by atoms with Crippen molar-refractivity contribution in [3.63, 3.8) is 0 Å². The van der Waals surface area contributed by atoms with E-state index in [0.717, 1.165) is 12.2 Å². The Bertz CT molecular complexity index is 529. The van der Waals surface area contributed by atoms with Crippen molar-refractivity contribution in [2.24, 2.45) is 7.05 Å². The lowest BCUT2D eigenvalue weighted by molar-refractivity contribution is 0.698. The first-order valence-electron chi connectivity index (χ1n) is 5.99. The minimum absolute atomic E-state index is 0.793. The van der Waals surface area contributed by atoms with Crippen molar-refractivity contribution in [3.8, 4) is 11.1 Å². The average Bonchev–Trinajstić information content (AvgIpc) is 2.66. The molecule has 2 aromatic rings. The van der Waals surface area contributed by atoms with E-state index in [2.05, 4.69) is 47.9 Å². The van der Waals surface area contributed by atoms with E-state index >= 15 is 0 Å². The molecule has 0 bridgehead atoms. The number of thioether (sulfide) groups is 1. The number of aryl methyl sites for hydroxylation is 1. The number of benzene rings is 1. The molecule has 0 fully saturated rings. The topological polar surface area (TPSA) is 29.9 Å². The molecule has 2 rings (SSSR count). The van der Waals surface area contributed by atoms with E-state index in [9.17, 15) is 0 Å². The molecule has 0 aliphatic rings. The van der Waals surface area contributed by atoms with Crippen LogP contribution < -0.4 is 5.32 Å². The molecule has 1 aromatic carbocycles. The van der Waals surface area contributed by atoms with Crippen LogP contribution in [0.15, 0.2) is 29.2 Å². The Kier molecular flexibility index (Phi) is 4.09. The summed E-state index contributed by atoms with van der Waals surface area (Å²) >= 11 is 1.76. The monoisotopic (exact) mass is 261 g/mol. The predicted octanol–water partition coefficient (Wildman–Crippen LogP) is 2.84. The minimum atomic E-state index is 0.793. The molecular formula is C14H19N3S. The van der Waals surface area contributed by atoms with E-state index in [0.29, 0.717) is 0 Å². The van der Waals surface area contributed by atoms with Crippen LogP contribution in [0, 0.1) is 6.92 Å². The first-order valence-corrected chi connectivity index (χ1v) is 7.21. The van der Waals surface area contributed by atoms with Gasteiger partial charge in [-0.05, 0) is 37.9 Å². The Morgan fingerprint density at radius 2 is 1.94 bits per heavy atom. The fraction of sp³-hybridized carbons (Fsp3) is 0.357. The van der Waals surface area contributed by atoms with Gasteiger partial charge in [-0.1, -0.05) is 12.1 Å². The lowest BCUT2D eigenvalue weighted by Gasteiger charge is -2.05. The highest BCUT2D eigenvalue weighted by atomic mass is 32.2. The molecular weight excluding hydrogens is 242 g/mol. The Morgan fingerprint density at radius 1 is 1.28 bits per heavy atom. The highest BCUT2D eigenvalue weighted by Gasteiger charge is 2.13.